The number of hydrogen-bond acceptors (Lipinski definition) is 5. The molecule has 0 saturated carbocycles. The lowest BCUT2D eigenvalue weighted by atomic mass is 10.1. The topological polar surface area (TPSA) is 87.8 Å². The zero-order valence-electron chi connectivity index (χ0n) is 16.8. The smallest absolute Gasteiger partial charge is 0.266 e. The molecule has 2 aromatic carbocycles. The zero-order chi connectivity index (χ0) is 21.1. The van der Waals surface area contributed by atoms with Gasteiger partial charge in [0.1, 0.15) is 0 Å². The quantitative estimate of drug-likeness (QED) is 0.515. The summed E-state index contributed by atoms with van der Waals surface area (Å²) in [6.45, 7) is 7.71. The van der Waals surface area contributed by atoms with Crippen molar-refractivity contribution in [2.24, 2.45) is 0 Å². The molecule has 0 saturated heterocycles. The molecule has 0 unspecified atom stereocenters. The summed E-state index contributed by atoms with van der Waals surface area (Å²) in [5, 5.41) is 12.7. The third-order valence-corrected chi connectivity index (χ3v) is 5.06. The van der Waals surface area contributed by atoms with Gasteiger partial charge in [-0.25, -0.2) is 4.98 Å². The highest BCUT2D eigenvalue weighted by atomic mass is 32.2. The Hall–Kier alpha value is -3.11. The molecule has 0 radical (unpaired) electrons. The largest absolute Gasteiger partial charge is 0.350 e. The van der Waals surface area contributed by atoms with Crippen LogP contribution in [-0.2, 0) is 0 Å². The van der Waals surface area contributed by atoms with Crippen LogP contribution in [0, 0.1) is 25.2 Å². The Morgan fingerprint density at radius 1 is 1.21 bits per heavy atom. The highest BCUT2D eigenvalue weighted by Crippen LogP contribution is 2.23. The molecule has 0 fully saturated rings. The van der Waals surface area contributed by atoms with Crippen LogP contribution in [0.1, 0.15) is 35.3 Å². The van der Waals surface area contributed by atoms with E-state index >= 15 is 0 Å². The number of amides is 1. The minimum Gasteiger partial charge on any atom is -0.350 e. The van der Waals surface area contributed by atoms with E-state index in [1.807, 2.05) is 45.9 Å². The number of nitrogens with zero attached hydrogens (tertiary/aromatic N) is 3. The summed E-state index contributed by atoms with van der Waals surface area (Å²) in [7, 11) is 0. The van der Waals surface area contributed by atoms with Crippen molar-refractivity contribution < 1.29 is 4.79 Å². The highest BCUT2D eigenvalue weighted by Gasteiger charge is 2.16. The molecule has 0 aliphatic rings. The first-order valence-corrected chi connectivity index (χ1v) is 10.2. The van der Waals surface area contributed by atoms with E-state index in [4.69, 9.17) is 5.26 Å². The number of fused-ring (bicyclic) bond motifs is 1. The SMILES string of the molecule is Cc1cc(C)cc(-n2c(SCC#N)nc3cc(C(=O)NC(C)C)ccc3c2=O)c1. The summed E-state index contributed by atoms with van der Waals surface area (Å²) < 4.78 is 1.54. The molecule has 0 atom stereocenters. The molecule has 0 bridgehead atoms. The summed E-state index contributed by atoms with van der Waals surface area (Å²) in [6, 6.07) is 12.9. The molecule has 0 aliphatic heterocycles. The van der Waals surface area contributed by atoms with Crippen LogP contribution >= 0.6 is 11.8 Å². The molecule has 6 nitrogen and oxygen atoms in total. The number of aryl methyl sites for hydroxylation is 2. The second-order valence-corrected chi connectivity index (χ2v) is 8.13. The van der Waals surface area contributed by atoms with Crippen molar-refractivity contribution in [2.45, 2.75) is 38.9 Å². The average Bonchev–Trinajstić information content (AvgIpc) is 2.64. The van der Waals surface area contributed by atoms with Gasteiger partial charge in [-0.3, -0.25) is 14.2 Å². The van der Waals surface area contributed by atoms with Crippen molar-refractivity contribution >= 4 is 28.6 Å². The highest BCUT2D eigenvalue weighted by molar-refractivity contribution is 7.99. The third-order valence-electron chi connectivity index (χ3n) is 4.25. The number of hydrogen-bond donors (Lipinski definition) is 1. The maximum Gasteiger partial charge on any atom is 0.266 e. The molecule has 1 N–H and O–H groups in total. The molecule has 148 valence electrons. The van der Waals surface area contributed by atoms with Crippen LogP contribution in [0.2, 0.25) is 0 Å². The van der Waals surface area contributed by atoms with Gasteiger partial charge in [0.2, 0.25) is 0 Å². The van der Waals surface area contributed by atoms with Gasteiger partial charge in [-0.1, -0.05) is 17.8 Å². The van der Waals surface area contributed by atoms with E-state index in [1.165, 1.54) is 16.3 Å². The van der Waals surface area contributed by atoms with Crippen LogP contribution in [0.4, 0.5) is 0 Å². The predicted octanol–water partition coefficient (Wildman–Crippen LogP) is 3.76. The van der Waals surface area contributed by atoms with E-state index in [9.17, 15) is 9.59 Å². The van der Waals surface area contributed by atoms with Crippen molar-refractivity contribution in [2.75, 3.05) is 5.75 Å². The molecule has 3 aromatic rings. The zero-order valence-corrected chi connectivity index (χ0v) is 17.6. The molecule has 1 amide bonds. The molecule has 3 rings (SSSR count). The van der Waals surface area contributed by atoms with Gasteiger partial charge in [-0.15, -0.1) is 0 Å². The van der Waals surface area contributed by atoms with E-state index in [1.54, 1.807) is 18.2 Å². The normalized spacial score (nSPS) is 10.9. The Balaban J connectivity index is 2.23. The molecule has 29 heavy (non-hydrogen) atoms. The summed E-state index contributed by atoms with van der Waals surface area (Å²) in [4.78, 5) is 30.3. The first-order valence-electron chi connectivity index (χ1n) is 9.26. The lowest BCUT2D eigenvalue weighted by Gasteiger charge is -2.14. The van der Waals surface area contributed by atoms with E-state index in [0.29, 0.717) is 27.3 Å². The van der Waals surface area contributed by atoms with Crippen LogP contribution in [-0.4, -0.2) is 27.3 Å². The maximum atomic E-state index is 13.3. The lowest BCUT2D eigenvalue weighted by Crippen LogP contribution is -2.30. The van der Waals surface area contributed by atoms with Crippen molar-refractivity contribution in [3.05, 3.63) is 63.4 Å². The Morgan fingerprint density at radius 2 is 1.90 bits per heavy atom. The number of benzene rings is 2. The molecule has 1 aromatic heterocycles. The third kappa shape index (κ3) is 4.49. The Labute approximate surface area is 173 Å². The number of aromatic nitrogens is 2. The van der Waals surface area contributed by atoms with Crippen LogP contribution < -0.4 is 10.9 Å². The number of carbonyl (C=O) groups is 1. The first kappa shape index (κ1) is 20.6. The van der Waals surface area contributed by atoms with E-state index in [2.05, 4.69) is 16.4 Å². The predicted molar refractivity (Wildman–Crippen MR) is 116 cm³/mol. The standard InChI is InChI=1S/C22H22N4O2S/c1-13(2)24-20(27)16-5-6-18-19(12-16)25-22(29-8-7-23)26(21(18)28)17-10-14(3)9-15(4)11-17/h5-6,9-13H,8H2,1-4H3,(H,24,27). The molecule has 0 aliphatic carbocycles. The Kier molecular flexibility index (Phi) is 6.04. The first-order chi connectivity index (χ1) is 13.8. The Bertz CT molecular complexity index is 1170. The van der Waals surface area contributed by atoms with Crippen LogP contribution in [0.5, 0.6) is 0 Å². The summed E-state index contributed by atoms with van der Waals surface area (Å²) in [5.74, 6) is -0.0515. The number of carbonyl (C=O) groups excluding carboxylic acids is 1. The van der Waals surface area contributed by atoms with Crippen molar-refractivity contribution in [3.8, 4) is 11.8 Å². The number of nitriles is 1. The average molecular weight is 407 g/mol. The van der Waals surface area contributed by atoms with Gasteiger partial charge >= 0.3 is 0 Å². The minimum absolute atomic E-state index is 0.00506. The van der Waals surface area contributed by atoms with Gasteiger partial charge in [0.25, 0.3) is 11.5 Å². The van der Waals surface area contributed by atoms with Crippen molar-refractivity contribution in [1.29, 1.82) is 5.26 Å². The fourth-order valence-electron chi connectivity index (χ4n) is 3.15. The monoisotopic (exact) mass is 406 g/mol. The summed E-state index contributed by atoms with van der Waals surface area (Å²) in [6.07, 6.45) is 0. The van der Waals surface area contributed by atoms with Crippen molar-refractivity contribution in [3.63, 3.8) is 0 Å². The fraction of sp³-hybridized carbons (Fsp3) is 0.273. The van der Waals surface area contributed by atoms with Gasteiger partial charge in [-0.2, -0.15) is 5.26 Å². The number of nitrogens with one attached hydrogen (secondary N) is 1. The molecular formula is C22H22N4O2S. The number of thioether (sulfide) groups is 1. The molecule has 7 heteroatoms. The fourth-order valence-corrected chi connectivity index (χ4v) is 3.83. The van der Waals surface area contributed by atoms with Crippen LogP contribution in [0.15, 0.2) is 46.3 Å². The van der Waals surface area contributed by atoms with Gasteiger partial charge in [-0.05, 0) is 69.2 Å². The van der Waals surface area contributed by atoms with E-state index < -0.39 is 0 Å². The van der Waals surface area contributed by atoms with Gasteiger partial charge in [0.05, 0.1) is 28.4 Å². The number of rotatable bonds is 5. The van der Waals surface area contributed by atoms with Crippen molar-refractivity contribution in [1.82, 2.24) is 14.9 Å². The Morgan fingerprint density at radius 3 is 2.52 bits per heavy atom. The summed E-state index contributed by atoms with van der Waals surface area (Å²) in [5.41, 5.74) is 3.43. The second-order valence-electron chi connectivity index (χ2n) is 7.19. The van der Waals surface area contributed by atoms with Gasteiger partial charge in [0, 0.05) is 11.6 Å². The van der Waals surface area contributed by atoms with E-state index in [0.717, 1.165) is 11.1 Å². The van der Waals surface area contributed by atoms with Gasteiger partial charge < -0.3 is 5.32 Å². The van der Waals surface area contributed by atoms with Gasteiger partial charge in [0.15, 0.2) is 5.16 Å². The van der Waals surface area contributed by atoms with E-state index in [-0.39, 0.29) is 23.3 Å². The molecule has 0 spiro atoms. The lowest BCUT2D eigenvalue weighted by molar-refractivity contribution is 0.0943. The molecule has 1 heterocycles. The molecular weight excluding hydrogens is 384 g/mol. The van der Waals surface area contributed by atoms with Crippen LogP contribution in [0.3, 0.4) is 0 Å². The maximum absolute atomic E-state index is 13.3. The summed E-state index contributed by atoms with van der Waals surface area (Å²) >= 11 is 1.20. The minimum atomic E-state index is -0.226. The van der Waals surface area contributed by atoms with Crippen LogP contribution in [0.25, 0.3) is 16.6 Å². The second kappa shape index (κ2) is 8.50.